The first-order valence-corrected chi connectivity index (χ1v) is 5.80. The summed E-state index contributed by atoms with van der Waals surface area (Å²) >= 11 is 1.36. The van der Waals surface area contributed by atoms with Crippen LogP contribution in [0.5, 0.6) is 0 Å². The van der Waals surface area contributed by atoms with E-state index in [1.165, 1.54) is 11.5 Å². The first-order chi connectivity index (χ1) is 7.76. The molecular formula is C9H14N6S. The molecule has 2 aromatic rings. The molecular weight excluding hydrogens is 224 g/mol. The molecule has 0 spiro atoms. The van der Waals surface area contributed by atoms with Crippen LogP contribution in [0.25, 0.3) is 0 Å². The molecule has 6 nitrogen and oxygen atoms in total. The molecule has 0 amide bonds. The molecule has 0 radical (unpaired) electrons. The first-order valence-electron chi connectivity index (χ1n) is 5.03. The Labute approximate surface area is 97.6 Å². The fourth-order valence-corrected chi connectivity index (χ4v) is 2.37. The van der Waals surface area contributed by atoms with Gasteiger partial charge in [0.05, 0.1) is 16.3 Å². The Bertz CT molecular complexity index is 462. The van der Waals surface area contributed by atoms with Crippen molar-refractivity contribution in [2.75, 3.05) is 0 Å². The third-order valence-electron chi connectivity index (χ3n) is 2.38. The highest BCUT2D eigenvalue weighted by Crippen LogP contribution is 2.25. The summed E-state index contributed by atoms with van der Waals surface area (Å²) in [7, 11) is 1.88. The third-order valence-corrected chi connectivity index (χ3v) is 3.21. The minimum Gasteiger partial charge on any atom is -0.275 e. The maximum absolute atomic E-state index is 5.58. The number of rotatable bonds is 4. The molecule has 16 heavy (non-hydrogen) atoms. The number of nitrogens with two attached hydrogens (primary N) is 1. The van der Waals surface area contributed by atoms with Gasteiger partial charge in [-0.05, 0) is 24.0 Å². The quantitative estimate of drug-likeness (QED) is 0.594. The summed E-state index contributed by atoms with van der Waals surface area (Å²) < 4.78 is 5.71. The number of hydrazine groups is 1. The zero-order valence-electron chi connectivity index (χ0n) is 9.21. The van der Waals surface area contributed by atoms with Crippen LogP contribution >= 0.6 is 11.5 Å². The van der Waals surface area contributed by atoms with Crippen LogP contribution in [0.15, 0.2) is 12.3 Å². The van der Waals surface area contributed by atoms with E-state index in [0.29, 0.717) is 0 Å². The van der Waals surface area contributed by atoms with Gasteiger partial charge in [0.1, 0.15) is 6.04 Å². The van der Waals surface area contributed by atoms with Crippen LogP contribution < -0.4 is 11.3 Å². The monoisotopic (exact) mass is 238 g/mol. The Kier molecular flexibility index (Phi) is 3.28. The molecule has 7 heteroatoms. The van der Waals surface area contributed by atoms with Crippen LogP contribution in [0, 0.1) is 0 Å². The van der Waals surface area contributed by atoms with Crippen molar-refractivity contribution >= 4 is 11.5 Å². The first kappa shape index (κ1) is 11.2. The topological polar surface area (TPSA) is 81.6 Å². The largest absolute Gasteiger partial charge is 0.275 e. The Morgan fingerprint density at radius 1 is 1.62 bits per heavy atom. The molecule has 0 fully saturated rings. The molecule has 3 N–H and O–H groups in total. The standard InChI is InChI=1S/C9H14N6S/c1-3-6-9(16-14-12-6)8(11-10)7-4-5-15(2)13-7/h4-5,8,11H,3,10H2,1-2H3. The van der Waals surface area contributed by atoms with Crippen LogP contribution in [0.2, 0.25) is 0 Å². The normalized spacial score (nSPS) is 12.9. The number of aryl methyl sites for hydroxylation is 2. The molecule has 1 unspecified atom stereocenters. The summed E-state index contributed by atoms with van der Waals surface area (Å²) in [6, 6.07) is 1.81. The molecule has 2 heterocycles. The van der Waals surface area contributed by atoms with Gasteiger partial charge >= 0.3 is 0 Å². The zero-order valence-corrected chi connectivity index (χ0v) is 10.0. The van der Waals surface area contributed by atoms with Gasteiger partial charge in [-0.25, -0.2) is 5.43 Å². The highest BCUT2D eigenvalue weighted by Gasteiger charge is 2.21. The highest BCUT2D eigenvalue weighted by molar-refractivity contribution is 7.05. The highest BCUT2D eigenvalue weighted by atomic mass is 32.1. The summed E-state index contributed by atoms with van der Waals surface area (Å²) in [5.74, 6) is 5.58. The van der Waals surface area contributed by atoms with Crippen LogP contribution in [0.4, 0.5) is 0 Å². The summed E-state index contributed by atoms with van der Waals surface area (Å²) in [4.78, 5) is 1.03. The van der Waals surface area contributed by atoms with Crippen molar-refractivity contribution in [2.24, 2.45) is 12.9 Å². The predicted molar refractivity (Wildman–Crippen MR) is 61.7 cm³/mol. The van der Waals surface area contributed by atoms with Gasteiger partial charge in [-0.1, -0.05) is 11.4 Å². The van der Waals surface area contributed by atoms with E-state index >= 15 is 0 Å². The van der Waals surface area contributed by atoms with Crippen molar-refractivity contribution in [2.45, 2.75) is 19.4 Å². The van der Waals surface area contributed by atoms with Crippen LogP contribution in [-0.2, 0) is 13.5 Å². The summed E-state index contributed by atoms with van der Waals surface area (Å²) in [5.41, 5.74) is 4.61. The molecule has 0 aliphatic carbocycles. The van der Waals surface area contributed by atoms with Gasteiger partial charge < -0.3 is 0 Å². The molecule has 0 aliphatic rings. The van der Waals surface area contributed by atoms with Gasteiger partial charge in [-0.15, -0.1) is 5.10 Å². The second-order valence-corrected chi connectivity index (χ2v) is 4.24. The second-order valence-electron chi connectivity index (χ2n) is 3.45. The van der Waals surface area contributed by atoms with Gasteiger partial charge in [-0.3, -0.25) is 10.5 Å². The van der Waals surface area contributed by atoms with Gasteiger partial charge in [0, 0.05) is 13.2 Å². The summed E-state index contributed by atoms with van der Waals surface area (Å²) in [5, 5.41) is 8.41. The lowest BCUT2D eigenvalue weighted by molar-refractivity contribution is 0.606. The lowest BCUT2D eigenvalue weighted by Crippen LogP contribution is -2.29. The Balaban J connectivity index is 2.36. The molecule has 2 rings (SSSR count). The van der Waals surface area contributed by atoms with Crippen LogP contribution in [0.3, 0.4) is 0 Å². The van der Waals surface area contributed by atoms with E-state index < -0.39 is 0 Å². The van der Waals surface area contributed by atoms with E-state index in [2.05, 4.69) is 20.1 Å². The number of aromatic nitrogens is 4. The Morgan fingerprint density at radius 2 is 2.44 bits per heavy atom. The second kappa shape index (κ2) is 4.69. The lowest BCUT2D eigenvalue weighted by atomic mass is 10.1. The minimum atomic E-state index is -0.129. The van der Waals surface area contributed by atoms with Crippen molar-refractivity contribution in [1.29, 1.82) is 0 Å². The van der Waals surface area contributed by atoms with Crippen LogP contribution in [0.1, 0.15) is 29.2 Å². The van der Waals surface area contributed by atoms with Crippen molar-refractivity contribution in [3.05, 3.63) is 28.5 Å². The molecule has 0 bridgehead atoms. The molecule has 86 valence electrons. The van der Waals surface area contributed by atoms with E-state index in [0.717, 1.165) is 22.7 Å². The van der Waals surface area contributed by atoms with E-state index in [9.17, 15) is 0 Å². The van der Waals surface area contributed by atoms with Gasteiger partial charge in [0.25, 0.3) is 0 Å². The molecule has 0 saturated heterocycles. The number of hydrogen-bond donors (Lipinski definition) is 2. The van der Waals surface area contributed by atoms with E-state index in [1.54, 1.807) is 4.68 Å². The van der Waals surface area contributed by atoms with Crippen molar-refractivity contribution in [3.8, 4) is 0 Å². The average molecular weight is 238 g/mol. The number of nitrogens with one attached hydrogen (secondary N) is 1. The van der Waals surface area contributed by atoms with E-state index in [-0.39, 0.29) is 6.04 Å². The van der Waals surface area contributed by atoms with Crippen molar-refractivity contribution in [1.82, 2.24) is 24.8 Å². The zero-order chi connectivity index (χ0) is 11.5. The molecule has 0 aliphatic heterocycles. The Hall–Kier alpha value is -1.31. The van der Waals surface area contributed by atoms with E-state index in [1.807, 2.05) is 26.2 Å². The smallest absolute Gasteiger partial charge is 0.103 e. The molecule has 0 saturated carbocycles. The fourth-order valence-electron chi connectivity index (χ4n) is 1.56. The van der Waals surface area contributed by atoms with Gasteiger partial charge in [-0.2, -0.15) is 5.10 Å². The Morgan fingerprint density at radius 3 is 3.00 bits per heavy atom. The summed E-state index contributed by atoms with van der Waals surface area (Å²) in [6.45, 7) is 2.05. The molecule has 1 atom stereocenters. The predicted octanol–water partition coefficient (Wildman–Crippen LogP) is 0.387. The van der Waals surface area contributed by atoms with Gasteiger partial charge in [0.2, 0.25) is 0 Å². The molecule has 2 aromatic heterocycles. The SMILES string of the molecule is CCc1nnsc1C(NN)c1ccn(C)n1. The minimum absolute atomic E-state index is 0.129. The van der Waals surface area contributed by atoms with Crippen molar-refractivity contribution < 1.29 is 0 Å². The average Bonchev–Trinajstić information content (AvgIpc) is 2.89. The van der Waals surface area contributed by atoms with Gasteiger partial charge in [0.15, 0.2) is 0 Å². The van der Waals surface area contributed by atoms with Crippen LogP contribution in [-0.4, -0.2) is 19.4 Å². The molecule has 0 aromatic carbocycles. The summed E-state index contributed by atoms with van der Waals surface area (Å²) in [6.07, 6.45) is 2.73. The third kappa shape index (κ3) is 1.97. The maximum atomic E-state index is 5.58. The van der Waals surface area contributed by atoms with E-state index in [4.69, 9.17) is 5.84 Å². The fraction of sp³-hybridized carbons (Fsp3) is 0.444. The maximum Gasteiger partial charge on any atom is 0.103 e. The van der Waals surface area contributed by atoms with Crippen molar-refractivity contribution in [3.63, 3.8) is 0 Å². The number of nitrogens with zero attached hydrogens (tertiary/aromatic N) is 4. The number of hydrogen-bond acceptors (Lipinski definition) is 6. The lowest BCUT2D eigenvalue weighted by Gasteiger charge is -2.11.